The number of fused-ring (bicyclic) bond motifs is 15. The van der Waals surface area contributed by atoms with E-state index in [0.717, 1.165) is 10.2 Å². The summed E-state index contributed by atoms with van der Waals surface area (Å²) in [5.74, 6) is -1.11. The number of nitrogens with one attached hydrogen (secondary N) is 4. The Kier molecular flexibility index (Phi) is 11.4. The van der Waals surface area contributed by atoms with Crippen molar-refractivity contribution in [2.75, 3.05) is 13.2 Å². The van der Waals surface area contributed by atoms with Crippen LogP contribution in [0.2, 0.25) is 0 Å². The van der Waals surface area contributed by atoms with Crippen LogP contribution in [0, 0.1) is 12.8 Å². The molecule has 3 aromatic carbocycles. The molecule has 0 aliphatic carbocycles. The topological polar surface area (TPSA) is 191 Å². The second-order valence-electron chi connectivity index (χ2n) is 13.5. The summed E-state index contributed by atoms with van der Waals surface area (Å²) in [6.45, 7) is 6.90. The molecule has 2 aliphatic rings. The zero-order valence-electron chi connectivity index (χ0n) is 30.5. The SMILES string of the molecule is Cc1nn(CC(=O)N[C@H]2Cc3ccc(cc3)OCCNC(=O)Cn3nc(-c4ccccc4)nc3[C@H](C)NC(=O)[C@@H](C(C)C)NC2=O)c(=O)c2ccccc12. The van der Waals surface area contributed by atoms with Gasteiger partial charge in [-0.25, -0.2) is 14.3 Å². The summed E-state index contributed by atoms with van der Waals surface area (Å²) in [5, 5.41) is 21.4. The van der Waals surface area contributed by atoms with Crippen molar-refractivity contribution in [1.29, 1.82) is 0 Å². The first kappa shape index (κ1) is 37.4. The number of rotatable bonds is 5. The predicted molar refractivity (Wildman–Crippen MR) is 200 cm³/mol. The maximum Gasteiger partial charge on any atom is 0.275 e. The van der Waals surface area contributed by atoms with Gasteiger partial charge in [-0.15, -0.1) is 0 Å². The first-order valence-corrected chi connectivity index (χ1v) is 17.8. The molecule has 2 bridgehead atoms. The molecule has 4 amide bonds. The van der Waals surface area contributed by atoms with E-state index in [2.05, 4.69) is 36.4 Å². The van der Waals surface area contributed by atoms with Crippen LogP contribution in [0.25, 0.3) is 22.2 Å². The largest absolute Gasteiger partial charge is 0.492 e. The second-order valence-corrected chi connectivity index (χ2v) is 13.5. The van der Waals surface area contributed by atoms with E-state index in [9.17, 15) is 24.0 Å². The van der Waals surface area contributed by atoms with Gasteiger partial charge in [0, 0.05) is 17.4 Å². The van der Waals surface area contributed by atoms with Gasteiger partial charge in [0.2, 0.25) is 23.6 Å². The molecule has 280 valence electrons. The number of amides is 4. The van der Waals surface area contributed by atoms with Crippen molar-refractivity contribution in [2.24, 2.45) is 5.92 Å². The number of carbonyl (C=O) groups excluding carboxylic acids is 4. The van der Waals surface area contributed by atoms with E-state index in [1.807, 2.05) is 36.4 Å². The highest BCUT2D eigenvalue weighted by Gasteiger charge is 2.31. The number of hydrogen-bond donors (Lipinski definition) is 4. The Bertz CT molecular complexity index is 2220. The molecule has 4 N–H and O–H groups in total. The van der Waals surface area contributed by atoms with Gasteiger partial charge in [-0.05, 0) is 43.5 Å². The van der Waals surface area contributed by atoms with E-state index < -0.39 is 48.0 Å². The van der Waals surface area contributed by atoms with Gasteiger partial charge in [-0.2, -0.15) is 10.2 Å². The van der Waals surface area contributed by atoms with Crippen LogP contribution in [0.3, 0.4) is 0 Å². The molecular weight excluding hydrogens is 690 g/mol. The molecule has 15 heteroatoms. The van der Waals surface area contributed by atoms with E-state index in [1.54, 1.807) is 70.2 Å². The Morgan fingerprint density at radius 1 is 0.907 bits per heavy atom. The molecule has 0 spiro atoms. The van der Waals surface area contributed by atoms with E-state index in [-0.39, 0.29) is 37.9 Å². The highest BCUT2D eigenvalue weighted by Crippen LogP contribution is 2.20. The van der Waals surface area contributed by atoms with Crippen molar-refractivity contribution in [2.45, 2.75) is 65.3 Å². The first-order chi connectivity index (χ1) is 26.0. The lowest BCUT2D eigenvalue weighted by Crippen LogP contribution is -2.56. The standard InChI is InChI=1S/C39H43N9O6/c1-23(2)34-38(52)41-25(4)36-44-35(27-10-6-5-7-11-27)46-47(36)21-32(49)40-18-19-54-28-16-14-26(15-17-28)20-31(37(51)43-34)42-33(50)22-48-39(53)30-13-9-8-12-29(30)24(3)45-48/h5-17,23,25,31,34H,18-22H2,1-4H3,(H,40,49)(H,41,52)(H,42,50)(H,43,51)/t25-,31-,34+/m0/s1. The van der Waals surface area contributed by atoms with Crippen molar-refractivity contribution in [3.63, 3.8) is 0 Å². The minimum atomic E-state index is -1.12. The quantitative estimate of drug-likeness (QED) is 0.210. The fraction of sp³-hybridized carbons (Fsp3) is 0.333. The Labute approximate surface area is 311 Å². The zero-order chi connectivity index (χ0) is 38.4. The van der Waals surface area contributed by atoms with E-state index in [0.29, 0.717) is 39.4 Å². The van der Waals surface area contributed by atoms with Crippen LogP contribution in [0.1, 0.15) is 43.9 Å². The lowest BCUT2D eigenvalue weighted by Gasteiger charge is -2.27. The molecule has 5 aromatic rings. The van der Waals surface area contributed by atoms with Crippen LogP contribution < -0.4 is 31.6 Å². The Morgan fingerprint density at radius 3 is 2.33 bits per heavy atom. The first-order valence-electron chi connectivity index (χ1n) is 17.8. The van der Waals surface area contributed by atoms with Gasteiger partial charge in [0.25, 0.3) is 5.56 Å². The third-order valence-electron chi connectivity index (χ3n) is 9.07. The molecule has 0 saturated carbocycles. The number of aryl methyl sites for hydroxylation is 1. The maximum atomic E-state index is 14.0. The smallest absolute Gasteiger partial charge is 0.275 e. The molecule has 0 fully saturated rings. The third kappa shape index (κ3) is 8.80. The summed E-state index contributed by atoms with van der Waals surface area (Å²) < 4.78 is 8.37. The van der Waals surface area contributed by atoms with Gasteiger partial charge in [0.1, 0.15) is 43.4 Å². The molecule has 4 heterocycles. The second kappa shape index (κ2) is 16.5. The molecule has 3 atom stereocenters. The van der Waals surface area contributed by atoms with Crippen molar-refractivity contribution < 1.29 is 23.9 Å². The summed E-state index contributed by atoms with van der Waals surface area (Å²) in [6, 6.07) is 20.4. The zero-order valence-corrected chi connectivity index (χ0v) is 30.5. The normalized spacial score (nSPS) is 18.6. The van der Waals surface area contributed by atoms with Crippen LogP contribution in [-0.4, -0.2) is 73.4 Å². The van der Waals surface area contributed by atoms with E-state index in [4.69, 9.17) is 4.74 Å². The molecule has 15 nitrogen and oxygen atoms in total. The fourth-order valence-corrected chi connectivity index (χ4v) is 6.26. The third-order valence-corrected chi connectivity index (χ3v) is 9.07. The van der Waals surface area contributed by atoms with Crippen molar-refractivity contribution in [3.8, 4) is 17.1 Å². The van der Waals surface area contributed by atoms with Gasteiger partial charge in [-0.1, -0.05) is 74.5 Å². The van der Waals surface area contributed by atoms with Gasteiger partial charge in [-0.3, -0.25) is 24.0 Å². The van der Waals surface area contributed by atoms with Crippen LogP contribution >= 0.6 is 0 Å². The van der Waals surface area contributed by atoms with Crippen LogP contribution in [0.4, 0.5) is 0 Å². The summed E-state index contributed by atoms with van der Waals surface area (Å²) in [5.41, 5.74) is 1.59. The number of nitrogens with zero attached hydrogens (tertiary/aromatic N) is 5. The Morgan fingerprint density at radius 2 is 1.61 bits per heavy atom. The van der Waals surface area contributed by atoms with Crippen molar-refractivity contribution in [3.05, 3.63) is 106 Å². The van der Waals surface area contributed by atoms with Gasteiger partial charge >= 0.3 is 0 Å². The summed E-state index contributed by atoms with van der Waals surface area (Å²) in [4.78, 5) is 72.3. The summed E-state index contributed by atoms with van der Waals surface area (Å²) in [6.07, 6.45) is 0.0706. The number of aromatic nitrogens is 5. The van der Waals surface area contributed by atoms with Crippen LogP contribution in [-0.2, 0) is 38.7 Å². The maximum absolute atomic E-state index is 14.0. The minimum absolute atomic E-state index is 0.0706. The average molecular weight is 734 g/mol. The predicted octanol–water partition coefficient (Wildman–Crippen LogP) is 2.22. The Balaban J connectivity index is 1.28. The number of benzene rings is 3. The number of ether oxygens (including phenoxy) is 1. The highest BCUT2D eigenvalue weighted by molar-refractivity contribution is 5.92. The summed E-state index contributed by atoms with van der Waals surface area (Å²) in [7, 11) is 0. The molecule has 2 aliphatic heterocycles. The molecular formula is C39H43N9O6. The van der Waals surface area contributed by atoms with Crippen molar-refractivity contribution in [1.82, 2.24) is 45.8 Å². The molecule has 0 unspecified atom stereocenters. The Hall–Kier alpha value is -6.38. The van der Waals surface area contributed by atoms with Crippen molar-refractivity contribution >= 4 is 34.4 Å². The lowest BCUT2D eigenvalue weighted by atomic mass is 10.0. The number of carbonyl (C=O) groups is 4. The monoisotopic (exact) mass is 733 g/mol. The summed E-state index contributed by atoms with van der Waals surface area (Å²) >= 11 is 0. The van der Waals surface area contributed by atoms with E-state index in [1.165, 1.54) is 4.68 Å². The van der Waals surface area contributed by atoms with E-state index >= 15 is 0 Å². The van der Waals surface area contributed by atoms with Gasteiger partial charge < -0.3 is 26.0 Å². The van der Waals surface area contributed by atoms with Crippen LogP contribution in [0.15, 0.2) is 83.7 Å². The van der Waals surface area contributed by atoms with Gasteiger partial charge in [0.15, 0.2) is 5.82 Å². The van der Waals surface area contributed by atoms with Gasteiger partial charge in [0.05, 0.1) is 23.7 Å². The van der Waals surface area contributed by atoms with Crippen LogP contribution in [0.5, 0.6) is 5.75 Å². The number of hydrogen-bond acceptors (Lipinski definition) is 9. The lowest BCUT2D eigenvalue weighted by molar-refractivity contribution is -0.133. The molecule has 7 rings (SSSR count). The molecule has 0 saturated heterocycles. The molecule has 0 radical (unpaired) electrons. The average Bonchev–Trinajstić information content (AvgIpc) is 3.58. The molecule has 54 heavy (non-hydrogen) atoms. The fourth-order valence-electron chi connectivity index (χ4n) is 6.26. The highest BCUT2D eigenvalue weighted by atomic mass is 16.5. The molecule has 2 aromatic heterocycles. The minimum Gasteiger partial charge on any atom is -0.492 e.